The summed E-state index contributed by atoms with van der Waals surface area (Å²) in [5.74, 6) is 0. The molecule has 0 atom stereocenters. The molecule has 2 rings (SSSR count). The molecule has 4 nitrogen and oxygen atoms in total. The molecule has 0 spiro atoms. The number of anilines is 2. The second-order valence-corrected chi connectivity index (χ2v) is 5.48. The molecule has 1 aromatic rings. The van der Waals surface area contributed by atoms with E-state index in [9.17, 15) is 0 Å². The van der Waals surface area contributed by atoms with E-state index in [1.165, 1.54) is 30.5 Å². The average Bonchev–Trinajstić information content (AvgIpc) is 2.53. The Morgan fingerprint density at radius 3 is 2.57 bits per heavy atom. The summed E-state index contributed by atoms with van der Waals surface area (Å²) in [5, 5.41) is 0. The molecular formula is C17H26N4. The third-order valence-corrected chi connectivity index (χ3v) is 4.09. The van der Waals surface area contributed by atoms with Gasteiger partial charge >= 0.3 is 0 Å². The number of rotatable bonds is 4. The van der Waals surface area contributed by atoms with Crippen molar-refractivity contribution in [3.8, 4) is 0 Å². The fourth-order valence-electron chi connectivity index (χ4n) is 2.92. The number of aliphatic imine (C=N–C) groups is 1. The number of benzene rings is 1. The molecule has 4 heteroatoms. The van der Waals surface area contributed by atoms with Crippen molar-refractivity contribution < 1.29 is 0 Å². The maximum absolute atomic E-state index is 6.19. The molecule has 1 aromatic carbocycles. The lowest BCUT2D eigenvalue weighted by Gasteiger charge is -2.31. The molecule has 0 radical (unpaired) electrons. The largest absolute Gasteiger partial charge is 0.404 e. The molecule has 0 unspecified atom stereocenters. The van der Waals surface area contributed by atoms with Gasteiger partial charge in [-0.15, -0.1) is 0 Å². The van der Waals surface area contributed by atoms with Gasteiger partial charge in [0.1, 0.15) is 0 Å². The molecule has 0 aromatic heterocycles. The minimum Gasteiger partial charge on any atom is -0.404 e. The summed E-state index contributed by atoms with van der Waals surface area (Å²) in [4.78, 5) is 6.56. The van der Waals surface area contributed by atoms with E-state index < -0.39 is 0 Å². The molecule has 0 bridgehead atoms. The van der Waals surface area contributed by atoms with Crippen LogP contribution >= 0.6 is 0 Å². The van der Waals surface area contributed by atoms with Crippen LogP contribution in [0.15, 0.2) is 23.3 Å². The van der Waals surface area contributed by atoms with Gasteiger partial charge < -0.3 is 16.4 Å². The number of aryl methyl sites for hydroxylation is 1. The minimum absolute atomic E-state index is 0.831. The van der Waals surface area contributed by atoms with Gasteiger partial charge in [-0.25, -0.2) is 0 Å². The van der Waals surface area contributed by atoms with E-state index in [0.717, 1.165) is 36.3 Å². The quantitative estimate of drug-likeness (QED) is 0.660. The van der Waals surface area contributed by atoms with Crippen LogP contribution in [0.5, 0.6) is 0 Å². The summed E-state index contributed by atoms with van der Waals surface area (Å²) in [6.45, 7) is 4.33. The molecule has 0 saturated carbocycles. The van der Waals surface area contributed by atoms with Crippen LogP contribution in [0.25, 0.3) is 5.57 Å². The van der Waals surface area contributed by atoms with Crippen LogP contribution in [0.1, 0.15) is 37.3 Å². The summed E-state index contributed by atoms with van der Waals surface area (Å²) in [5.41, 5.74) is 17.3. The summed E-state index contributed by atoms with van der Waals surface area (Å²) >= 11 is 0. The van der Waals surface area contributed by atoms with Crippen LogP contribution < -0.4 is 16.4 Å². The highest BCUT2D eigenvalue weighted by Gasteiger charge is 2.18. The smallest absolute Gasteiger partial charge is 0.0451 e. The average molecular weight is 286 g/mol. The maximum atomic E-state index is 6.19. The van der Waals surface area contributed by atoms with E-state index in [1.54, 1.807) is 19.5 Å². The van der Waals surface area contributed by atoms with Crippen molar-refractivity contribution in [1.82, 2.24) is 0 Å². The second-order valence-electron chi connectivity index (χ2n) is 5.48. The van der Waals surface area contributed by atoms with Gasteiger partial charge in [-0.1, -0.05) is 6.92 Å². The van der Waals surface area contributed by atoms with Crippen molar-refractivity contribution in [2.75, 3.05) is 30.8 Å². The van der Waals surface area contributed by atoms with Crippen molar-refractivity contribution in [3.63, 3.8) is 0 Å². The molecule has 1 saturated heterocycles. The molecule has 0 amide bonds. The molecule has 1 aliphatic heterocycles. The lowest BCUT2D eigenvalue weighted by molar-refractivity contribution is 0.577. The Labute approximate surface area is 127 Å². The number of nitrogen functional groups attached to an aromatic ring is 1. The number of nitrogens with two attached hydrogens (primary N) is 2. The third-order valence-electron chi connectivity index (χ3n) is 4.09. The summed E-state index contributed by atoms with van der Waals surface area (Å²) in [6.07, 6.45) is 8.16. The first kappa shape index (κ1) is 15.4. The van der Waals surface area contributed by atoms with E-state index >= 15 is 0 Å². The zero-order valence-electron chi connectivity index (χ0n) is 13.1. The number of nitrogens with zero attached hydrogens (tertiary/aromatic N) is 2. The third kappa shape index (κ3) is 3.38. The highest BCUT2D eigenvalue weighted by Crippen LogP contribution is 2.33. The van der Waals surface area contributed by atoms with E-state index in [-0.39, 0.29) is 0 Å². The van der Waals surface area contributed by atoms with Gasteiger partial charge in [-0.05, 0) is 43.4 Å². The van der Waals surface area contributed by atoms with Crippen LogP contribution in [0.4, 0.5) is 11.4 Å². The Balaban J connectivity index is 2.52. The normalized spacial score (nSPS) is 16.7. The Bertz CT molecular complexity index is 540. The fraction of sp³-hybridized carbons (Fsp3) is 0.471. The summed E-state index contributed by atoms with van der Waals surface area (Å²) in [6, 6.07) is 4.27. The monoisotopic (exact) mass is 286 g/mol. The molecule has 21 heavy (non-hydrogen) atoms. The van der Waals surface area contributed by atoms with Gasteiger partial charge in [-0.3, -0.25) is 4.99 Å². The van der Waals surface area contributed by atoms with Crippen molar-refractivity contribution in [2.24, 2.45) is 10.7 Å². The molecule has 114 valence electrons. The standard InChI is InChI=1S/C17H26N4/c1-3-13-9-17(21-7-5-4-6-8-21)15(10-16(13)19)14(11-18)12-20-2/h9-12H,3-8,18-19H2,1-2H3. The van der Waals surface area contributed by atoms with Crippen molar-refractivity contribution >= 4 is 23.2 Å². The highest BCUT2D eigenvalue weighted by atomic mass is 15.1. The summed E-state index contributed by atoms with van der Waals surface area (Å²) < 4.78 is 0. The lowest BCUT2D eigenvalue weighted by Crippen LogP contribution is -2.30. The van der Waals surface area contributed by atoms with Gasteiger partial charge in [0, 0.05) is 55.1 Å². The predicted molar refractivity (Wildman–Crippen MR) is 92.9 cm³/mol. The van der Waals surface area contributed by atoms with E-state index in [4.69, 9.17) is 11.5 Å². The SMILES string of the molecule is CCc1cc(N2CCCCC2)c(C(C=NC)=CN)cc1N. The first-order valence-corrected chi connectivity index (χ1v) is 7.73. The fourth-order valence-corrected chi connectivity index (χ4v) is 2.92. The van der Waals surface area contributed by atoms with Crippen LogP contribution in [0, 0.1) is 0 Å². The summed E-state index contributed by atoms with van der Waals surface area (Å²) in [7, 11) is 1.76. The second kappa shape index (κ2) is 7.16. The van der Waals surface area contributed by atoms with E-state index in [2.05, 4.69) is 22.9 Å². The van der Waals surface area contributed by atoms with Crippen molar-refractivity contribution in [3.05, 3.63) is 29.5 Å². The Morgan fingerprint density at radius 1 is 1.29 bits per heavy atom. The Hall–Kier alpha value is -1.97. The Kier molecular flexibility index (Phi) is 5.26. The van der Waals surface area contributed by atoms with Gasteiger partial charge in [0.05, 0.1) is 0 Å². The zero-order chi connectivity index (χ0) is 15.2. The molecule has 0 aliphatic carbocycles. The molecular weight excluding hydrogens is 260 g/mol. The first-order chi connectivity index (χ1) is 10.2. The molecule has 1 heterocycles. The van der Waals surface area contributed by atoms with E-state index in [0.29, 0.717) is 0 Å². The van der Waals surface area contributed by atoms with Crippen molar-refractivity contribution in [1.29, 1.82) is 0 Å². The zero-order valence-corrected chi connectivity index (χ0v) is 13.1. The van der Waals surface area contributed by atoms with E-state index in [1.807, 2.05) is 6.07 Å². The number of hydrogen-bond donors (Lipinski definition) is 2. The van der Waals surface area contributed by atoms with Crippen LogP contribution in [-0.4, -0.2) is 26.4 Å². The van der Waals surface area contributed by atoms with Gasteiger partial charge in [-0.2, -0.15) is 0 Å². The van der Waals surface area contributed by atoms with Crippen LogP contribution in [0.3, 0.4) is 0 Å². The topological polar surface area (TPSA) is 67.6 Å². The minimum atomic E-state index is 0.831. The van der Waals surface area contributed by atoms with Gasteiger partial charge in [0.2, 0.25) is 0 Å². The number of allylic oxidation sites excluding steroid dienone is 1. The maximum Gasteiger partial charge on any atom is 0.0451 e. The van der Waals surface area contributed by atoms with Crippen LogP contribution in [-0.2, 0) is 6.42 Å². The Morgan fingerprint density at radius 2 is 2.00 bits per heavy atom. The lowest BCUT2D eigenvalue weighted by atomic mass is 9.97. The van der Waals surface area contributed by atoms with Gasteiger partial charge in [0.15, 0.2) is 0 Å². The highest BCUT2D eigenvalue weighted by molar-refractivity contribution is 6.12. The van der Waals surface area contributed by atoms with Crippen molar-refractivity contribution in [2.45, 2.75) is 32.6 Å². The van der Waals surface area contributed by atoms with Crippen LogP contribution in [0.2, 0.25) is 0 Å². The number of hydrogen-bond acceptors (Lipinski definition) is 4. The molecule has 1 aliphatic rings. The first-order valence-electron chi connectivity index (χ1n) is 7.73. The number of piperidine rings is 1. The predicted octanol–water partition coefficient (Wildman–Crippen LogP) is 2.82. The van der Waals surface area contributed by atoms with Gasteiger partial charge in [0.25, 0.3) is 0 Å². The molecule has 1 fully saturated rings. The molecule has 4 N–H and O–H groups in total.